The topological polar surface area (TPSA) is 41.2 Å². The smallest absolute Gasteiger partial charge is 0.0991 e. The summed E-state index contributed by atoms with van der Waals surface area (Å²) < 4.78 is 8.28. The number of nitrogens with zero attached hydrogens (tertiary/aromatic N) is 3. The van der Waals surface area contributed by atoms with Crippen LogP contribution in [0.25, 0.3) is 10.9 Å². The monoisotopic (exact) mass is 545 g/mol. The minimum Gasteiger partial charge on any atom is -0.378 e. The fraction of sp³-hybridized carbons (Fsp3) is 0.400. The minimum atomic E-state index is 0.287. The van der Waals surface area contributed by atoms with Gasteiger partial charge in [-0.25, -0.2) is 0 Å². The third-order valence-electron chi connectivity index (χ3n) is 6.39. The first-order valence-corrected chi connectivity index (χ1v) is 14.1. The van der Waals surface area contributed by atoms with Gasteiger partial charge in [-0.3, -0.25) is 8.87 Å². The van der Waals surface area contributed by atoms with E-state index < -0.39 is 0 Å². The average Bonchev–Trinajstić information content (AvgIpc) is 3.22. The largest absolute Gasteiger partial charge is 0.378 e. The van der Waals surface area contributed by atoms with Gasteiger partial charge in [0.2, 0.25) is 0 Å². The highest BCUT2D eigenvalue weighted by atomic mass is 127. The summed E-state index contributed by atoms with van der Waals surface area (Å²) >= 11 is 2.35. The maximum Gasteiger partial charge on any atom is 0.0991 e. The van der Waals surface area contributed by atoms with E-state index in [9.17, 15) is 5.26 Å². The molecule has 0 N–H and O–H groups in total. The molecule has 4 nitrogen and oxygen atoms in total. The molecule has 0 aliphatic carbocycles. The number of nitriles is 1. The minimum absolute atomic E-state index is 0.287. The molecule has 0 saturated carbocycles. The zero-order chi connectivity index (χ0) is 22.0. The molecule has 3 aromatic rings. The predicted octanol–water partition coefficient (Wildman–Crippen LogP) is 6.72. The molecule has 2 unspecified atom stereocenters. The van der Waals surface area contributed by atoms with Crippen molar-refractivity contribution in [3.05, 3.63) is 70.4 Å². The van der Waals surface area contributed by atoms with Crippen molar-refractivity contribution in [2.24, 2.45) is 0 Å². The molecule has 4 rings (SSSR count). The first-order valence-electron chi connectivity index (χ1n) is 10.8. The van der Waals surface area contributed by atoms with E-state index in [1.54, 1.807) is 9.12 Å². The Morgan fingerprint density at radius 2 is 1.97 bits per heavy atom. The van der Waals surface area contributed by atoms with Crippen LogP contribution in [0.3, 0.4) is 0 Å². The highest BCUT2D eigenvalue weighted by Gasteiger charge is 2.31. The normalized spacial score (nSPS) is 19.6. The van der Waals surface area contributed by atoms with Crippen LogP contribution in [0.1, 0.15) is 53.6 Å². The van der Waals surface area contributed by atoms with Gasteiger partial charge in [-0.05, 0) is 74.1 Å². The molecule has 2 atom stereocenters. The number of piperidine rings is 1. The third-order valence-corrected chi connectivity index (χ3v) is 8.11. The van der Waals surface area contributed by atoms with Crippen LogP contribution in [-0.4, -0.2) is 28.1 Å². The fourth-order valence-electron chi connectivity index (χ4n) is 4.89. The van der Waals surface area contributed by atoms with E-state index >= 15 is 0 Å². The molecule has 1 aliphatic rings. The van der Waals surface area contributed by atoms with Gasteiger partial charge in [0.1, 0.15) is 0 Å². The lowest BCUT2D eigenvalue weighted by Gasteiger charge is -2.40. The van der Waals surface area contributed by atoms with Crippen molar-refractivity contribution < 1.29 is 4.74 Å². The van der Waals surface area contributed by atoms with E-state index in [1.807, 2.05) is 12.1 Å². The summed E-state index contributed by atoms with van der Waals surface area (Å²) in [5.74, 6) is 0. The Bertz CT molecular complexity index is 1100. The number of rotatable bonds is 6. The van der Waals surface area contributed by atoms with Crippen molar-refractivity contribution in [3.63, 3.8) is 0 Å². The van der Waals surface area contributed by atoms with Crippen LogP contribution in [0.4, 0.5) is 0 Å². The third kappa shape index (κ3) is 4.65. The van der Waals surface area contributed by atoms with Crippen LogP contribution < -0.4 is 0 Å². The molecule has 0 amide bonds. The number of fused-ring (bicyclic) bond motifs is 1. The second-order valence-corrected chi connectivity index (χ2v) is 10.00. The van der Waals surface area contributed by atoms with Gasteiger partial charge in [0.25, 0.3) is 0 Å². The summed E-state index contributed by atoms with van der Waals surface area (Å²) in [6.07, 6.45) is 4.51. The zero-order valence-electron chi connectivity index (χ0n) is 18.3. The molecular formula is C25H28IN3OS. The molecule has 162 valence electrons. The van der Waals surface area contributed by atoms with Crippen LogP contribution in [0, 0.1) is 25.2 Å². The van der Waals surface area contributed by atoms with Gasteiger partial charge in [0, 0.05) is 67.6 Å². The lowest BCUT2D eigenvalue weighted by Crippen LogP contribution is -2.39. The molecular weight excluding hydrogens is 517 g/mol. The van der Waals surface area contributed by atoms with Crippen LogP contribution >= 0.6 is 30.3 Å². The van der Waals surface area contributed by atoms with Gasteiger partial charge in [0.15, 0.2) is 0 Å². The molecule has 1 aromatic heterocycles. The maximum absolute atomic E-state index is 9.19. The zero-order valence-corrected chi connectivity index (χ0v) is 21.2. The highest BCUT2D eigenvalue weighted by Crippen LogP contribution is 2.37. The number of hydrogen-bond acceptors (Lipinski definition) is 4. The molecule has 2 aromatic carbocycles. The lowest BCUT2D eigenvalue weighted by molar-refractivity contribution is -0.0137. The highest BCUT2D eigenvalue weighted by molar-refractivity contribution is 14.2. The standard InChI is InChI=1S/C25H28IN3OS/c1-4-30-21-9-11-28(24(14-21)20-7-5-19(15-27)6-8-20)16-23-17(2)13-18(3)25-22(23)10-12-29(25)31-26/h5-8,10,12-13,21,24H,4,9,11,14,16H2,1-3H3. The average molecular weight is 545 g/mol. The molecule has 31 heavy (non-hydrogen) atoms. The van der Waals surface area contributed by atoms with Gasteiger partial charge >= 0.3 is 0 Å². The van der Waals surface area contributed by atoms with Crippen molar-refractivity contribution >= 4 is 41.2 Å². The van der Waals surface area contributed by atoms with E-state index in [0.717, 1.165) is 32.5 Å². The van der Waals surface area contributed by atoms with Gasteiger partial charge < -0.3 is 4.74 Å². The second-order valence-electron chi connectivity index (χ2n) is 8.28. The van der Waals surface area contributed by atoms with Crippen molar-refractivity contribution in [2.75, 3.05) is 13.2 Å². The van der Waals surface area contributed by atoms with Crippen LogP contribution in [0.5, 0.6) is 0 Å². The van der Waals surface area contributed by atoms with Gasteiger partial charge in [-0.15, -0.1) is 0 Å². The predicted molar refractivity (Wildman–Crippen MR) is 137 cm³/mol. The van der Waals surface area contributed by atoms with Gasteiger partial charge in [-0.2, -0.15) is 5.26 Å². The summed E-state index contributed by atoms with van der Waals surface area (Å²) in [6, 6.07) is 15.2. The quantitative estimate of drug-likeness (QED) is 0.323. The SMILES string of the molecule is CCOC1CCN(Cc2c(C)cc(C)c3c2ccn3SI)C(c2ccc(C#N)cc2)C1. The number of hydrogen-bond donors (Lipinski definition) is 0. The van der Waals surface area contributed by atoms with Crippen LogP contribution in [0.2, 0.25) is 0 Å². The number of likely N-dealkylation sites (tertiary alicyclic amines) is 1. The van der Waals surface area contributed by atoms with E-state index in [2.05, 4.69) is 87.4 Å². The molecule has 0 spiro atoms. The Balaban J connectivity index is 1.70. The van der Waals surface area contributed by atoms with Crippen molar-refractivity contribution in [2.45, 2.75) is 52.3 Å². The molecule has 1 aliphatic heterocycles. The Hall–Kier alpha value is -1.53. The summed E-state index contributed by atoms with van der Waals surface area (Å²) in [6.45, 7) is 9.19. The molecule has 2 heterocycles. The summed E-state index contributed by atoms with van der Waals surface area (Å²) in [5.41, 5.74) is 7.39. The molecule has 1 fully saturated rings. The van der Waals surface area contributed by atoms with E-state index in [-0.39, 0.29) is 12.1 Å². The van der Waals surface area contributed by atoms with E-state index in [1.165, 1.54) is 33.2 Å². The van der Waals surface area contributed by atoms with Gasteiger partial charge in [-0.1, -0.05) is 18.2 Å². The van der Waals surface area contributed by atoms with E-state index in [0.29, 0.717) is 5.56 Å². The number of aromatic nitrogens is 1. The number of benzene rings is 2. The van der Waals surface area contributed by atoms with Crippen molar-refractivity contribution in [1.82, 2.24) is 8.87 Å². The lowest BCUT2D eigenvalue weighted by atomic mass is 9.91. The van der Waals surface area contributed by atoms with Crippen LogP contribution in [0.15, 0.2) is 42.6 Å². The second kappa shape index (κ2) is 9.95. The Morgan fingerprint density at radius 3 is 2.65 bits per heavy atom. The number of ether oxygens (including phenoxy) is 1. The molecule has 0 radical (unpaired) electrons. The molecule has 6 heteroatoms. The Morgan fingerprint density at radius 1 is 1.19 bits per heavy atom. The first kappa shape index (κ1) is 22.7. The van der Waals surface area contributed by atoms with E-state index in [4.69, 9.17) is 4.74 Å². The van der Waals surface area contributed by atoms with Crippen molar-refractivity contribution in [3.8, 4) is 6.07 Å². The summed E-state index contributed by atoms with van der Waals surface area (Å²) in [5, 5.41) is 10.5. The van der Waals surface area contributed by atoms with Gasteiger partial charge in [0.05, 0.1) is 23.3 Å². The molecule has 0 bridgehead atoms. The number of aryl methyl sites for hydroxylation is 2. The summed E-state index contributed by atoms with van der Waals surface area (Å²) in [4.78, 5) is 2.60. The fourth-order valence-corrected chi connectivity index (χ4v) is 6.29. The molecule has 1 saturated heterocycles. The number of halogens is 1. The first-order chi connectivity index (χ1) is 15.0. The van der Waals surface area contributed by atoms with Crippen LogP contribution in [-0.2, 0) is 11.3 Å². The Kier molecular flexibility index (Phi) is 7.27. The van der Waals surface area contributed by atoms with Crippen molar-refractivity contribution in [1.29, 1.82) is 5.26 Å². The summed E-state index contributed by atoms with van der Waals surface area (Å²) in [7, 11) is 1.72. The Labute approximate surface area is 201 Å². The maximum atomic E-state index is 9.19.